The highest BCUT2D eigenvalue weighted by Gasteiger charge is 2.18. The zero-order valence-corrected chi connectivity index (χ0v) is 20.0. The fourth-order valence-corrected chi connectivity index (χ4v) is 3.15. The highest BCUT2D eigenvalue weighted by Crippen LogP contribution is 2.15. The van der Waals surface area contributed by atoms with E-state index >= 15 is 0 Å². The minimum atomic E-state index is -0.991. The van der Waals surface area contributed by atoms with Gasteiger partial charge in [0.15, 0.2) is 6.10 Å². The van der Waals surface area contributed by atoms with Gasteiger partial charge in [0.05, 0.1) is 6.54 Å². The second kappa shape index (κ2) is 14.2. The van der Waals surface area contributed by atoms with Crippen LogP contribution in [0, 0.1) is 11.7 Å². The van der Waals surface area contributed by atoms with Crippen molar-refractivity contribution in [3.05, 3.63) is 65.5 Å². The molecule has 1 amide bonds. The molecule has 0 fully saturated rings. The van der Waals surface area contributed by atoms with Crippen molar-refractivity contribution in [2.24, 2.45) is 5.92 Å². The molecule has 2 aromatic carbocycles. The molecule has 1 unspecified atom stereocenters. The van der Waals surface area contributed by atoms with Crippen LogP contribution in [-0.4, -0.2) is 54.5 Å². The SMILES string of the molecule is CCOC(Cc1ccc(OCCN(CCC(C)C)C(=O)OCc2ccc(F)cc2)cc1)C(=O)O. The quantitative estimate of drug-likeness (QED) is 0.417. The maximum Gasteiger partial charge on any atom is 0.410 e. The Bertz CT molecular complexity index is 885. The number of carboxylic acids is 1. The van der Waals surface area contributed by atoms with Crippen molar-refractivity contribution in [2.45, 2.75) is 46.3 Å². The molecule has 7 nitrogen and oxygen atoms in total. The molecule has 2 aromatic rings. The molecule has 0 saturated heterocycles. The average Bonchev–Trinajstić information content (AvgIpc) is 2.81. The first kappa shape index (κ1) is 27.1. The number of benzene rings is 2. The van der Waals surface area contributed by atoms with Crippen LogP contribution in [0.15, 0.2) is 48.5 Å². The van der Waals surface area contributed by atoms with Crippen molar-refractivity contribution in [1.29, 1.82) is 0 Å². The number of rotatable bonds is 14. The van der Waals surface area contributed by atoms with Crippen LogP contribution in [0.25, 0.3) is 0 Å². The van der Waals surface area contributed by atoms with Gasteiger partial charge in [0.25, 0.3) is 0 Å². The number of carbonyl (C=O) groups excluding carboxylic acids is 1. The molecule has 0 aliphatic rings. The van der Waals surface area contributed by atoms with Gasteiger partial charge in [0.1, 0.15) is 24.8 Å². The summed E-state index contributed by atoms with van der Waals surface area (Å²) < 4.78 is 29.5. The van der Waals surface area contributed by atoms with Gasteiger partial charge in [-0.2, -0.15) is 0 Å². The molecular formula is C26H34FNO6. The molecular weight excluding hydrogens is 441 g/mol. The first-order valence-electron chi connectivity index (χ1n) is 11.5. The van der Waals surface area contributed by atoms with Gasteiger partial charge in [0.2, 0.25) is 0 Å². The topological polar surface area (TPSA) is 85.3 Å². The number of carbonyl (C=O) groups is 2. The van der Waals surface area contributed by atoms with Gasteiger partial charge in [-0.3, -0.25) is 0 Å². The van der Waals surface area contributed by atoms with Crippen molar-refractivity contribution in [3.8, 4) is 5.75 Å². The van der Waals surface area contributed by atoms with Gasteiger partial charge in [-0.25, -0.2) is 14.0 Å². The molecule has 1 N–H and O–H groups in total. The van der Waals surface area contributed by atoms with Gasteiger partial charge >= 0.3 is 12.1 Å². The molecule has 0 aromatic heterocycles. The van der Waals surface area contributed by atoms with Crippen molar-refractivity contribution < 1.29 is 33.3 Å². The number of amides is 1. The fraction of sp³-hybridized carbons (Fsp3) is 0.462. The molecule has 0 aliphatic carbocycles. The van der Waals surface area contributed by atoms with Gasteiger partial charge in [-0.05, 0) is 54.7 Å². The lowest BCUT2D eigenvalue weighted by Crippen LogP contribution is -2.36. The van der Waals surface area contributed by atoms with Crippen LogP contribution in [0.5, 0.6) is 5.75 Å². The lowest BCUT2D eigenvalue weighted by Gasteiger charge is -2.23. The monoisotopic (exact) mass is 475 g/mol. The molecule has 1 atom stereocenters. The lowest BCUT2D eigenvalue weighted by molar-refractivity contribution is -0.149. The van der Waals surface area contributed by atoms with Crippen LogP contribution in [0.1, 0.15) is 38.3 Å². The molecule has 0 aliphatic heterocycles. The third-order valence-electron chi connectivity index (χ3n) is 5.13. The van der Waals surface area contributed by atoms with Crippen LogP contribution in [-0.2, 0) is 27.3 Å². The highest BCUT2D eigenvalue weighted by molar-refractivity contribution is 5.72. The van der Waals surface area contributed by atoms with E-state index in [1.165, 1.54) is 12.1 Å². The smallest absolute Gasteiger partial charge is 0.410 e. The molecule has 0 radical (unpaired) electrons. The van der Waals surface area contributed by atoms with E-state index in [1.807, 2.05) is 0 Å². The normalized spacial score (nSPS) is 11.8. The van der Waals surface area contributed by atoms with E-state index in [-0.39, 0.29) is 25.5 Å². The summed E-state index contributed by atoms with van der Waals surface area (Å²) >= 11 is 0. The number of halogens is 1. The van der Waals surface area contributed by atoms with Crippen LogP contribution in [0.4, 0.5) is 9.18 Å². The predicted octanol–water partition coefficient (Wildman–Crippen LogP) is 4.92. The van der Waals surface area contributed by atoms with Gasteiger partial charge in [-0.1, -0.05) is 38.1 Å². The zero-order chi connectivity index (χ0) is 24.9. The largest absolute Gasteiger partial charge is 0.492 e. The Morgan fingerprint density at radius 3 is 2.24 bits per heavy atom. The molecule has 0 bridgehead atoms. The number of nitrogens with zero attached hydrogens (tertiary/aromatic N) is 1. The van der Waals surface area contributed by atoms with Gasteiger partial charge in [0, 0.05) is 19.6 Å². The summed E-state index contributed by atoms with van der Waals surface area (Å²) in [5.41, 5.74) is 1.54. The summed E-state index contributed by atoms with van der Waals surface area (Å²) in [7, 11) is 0. The Labute approximate surface area is 200 Å². The summed E-state index contributed by atoms with van der Waals surface area (Å²) in [6.45, 7) is 7.49. The molecule has 186 valence electrons. The lowest BCUT2D eigenvalue weighted by atomic mass is 10.1. The van der Waals surface area contributed by atoms with Crippen molar-refractivity contribution in [2.75, 3.05) is 26.3 Å². The Morgan fingerprint density at radius 2 is 1.65 bits per heavy atom. The predicted molar refractivity (Wildman–Crippen MR) is 126 cm³/mol. The van der Waals surface area contributed by atoms with Crippen molar-refractivity contribution >= 4 is 12.1 Å². The fourth-order valence-electron chi connectivity index (χ4n) is 3.15. The molecule has 2 rings (SSSR count). The second-order valence-corrected chi connectivity index (χ2v) is 8.33. The second-order valence-electron chi connectivity index (χ2n) is 8.33. The van der Waals surface area contributed by atoms with E-state index in [2.05, 4.69) is 13.8 Å². The molecule has 0 heterocycles. The summed E-state index contributed by atoms with van der Waals surface area (Å²) in [5.74, 6) is -0.285. The highest BCUT2D eigenvalue weighted by atomic mass is 19.1. The molecule has 8 heteroatoms. The van der Waals surface area contributed by atoms with Gasteiger partial charge in [-0.15, -0.1) is 0 Å². The maximum absolute atomic E-state index is 13.1. The van der Waals surface area contributed by atoms with E-state index in [1.54, 1.807) is 48.2 Å². The van der Waals surface area contributed by atoms with Crippen LogP contribution in [0.2, 0.25) is 0 Å². The maximum atomic E-state index is 13.1. The number of hydrogen-bond acceptors (Lipinski definition) is 5. The Hall–Kier alpha value is -3.13. The van der Waals surface area contributed by atoms with E-state index in [0.29, 0.717) is 36.9 Å². The summed E-state index contributed by atoms with van der Waals surface area (Å²) in [4.78, 5) is 25.5. The van der Waals surface area contributed by atoms with Crippen molar-refractivity contribution in [1.82, 2.24) is 4.90 Å². The van der Waals surface area contributed by atoms with Crippen LogP contribution >= 0.6 is 0 Å². The number of carboxylic acid groups (broad SMARTS) is 1. The van der Waals surface area contributed by atoms with Gasteiger partial charge < -0.3 is 24.2 Å². The third-order valence-corrected chi connectivity index (χ3v) is 5.13. The Kier molecular flexibility index (Phi) is 11.3. The Morgan fingerprint density at radius 1 is 1.00 bits per heavy atom. The minimum absolute atomic E-state index is 0.0681. The summed E-state index contributed by atoms with van der Waals surface area (Å²) in [6, 6.07) is 13.0. The van der Waals surface area contributed by atoms with E-state index in [4.69, 9.17) is 14.2 Å². The van der Waals surface area contributed by atoms with E-state index in [0.717, 1.165) is 12.0 Å². The number of hydrogen-bond donors (Lipinski definition) is 1. The average molecular weight is 476 g/mol. The van der Waals surface area contributed by atoms with Crippen molar-refractivity contribution in [3.63, 3.8) is 0 Å². The van der Waals surface area contributed by atoms with Crippen LogP contribution in [0.3, 0.4) is 0 Å². The molecule has 0 saturated carbocycles. The first-order valence-corrected chi connectivity index (χ1v) is 11.5. The van der Waals surface area contributed by atoms with E-state index < -0.39 is 18.2 Å². The molecule has 34 heavy (non-hydrogen) atoms. The third kappa shape index (κ3) is 9.79. The number of ether oxygens (including phenoxy) is 3. The summed E-state index contributed by atoms with van der Waals surface area (Å²) in [5, 5.41) is 9.22. The first-order chi connectivity index (χ1) is 16.3. The summed E-state index contributed by atoms with van der Waals surface area (Å²) in [6.07, 6.45) is -0.233. The Balaban J connectivity index is 1.87. The zero-order valence-electron chi connectivity index (χ0n) is 20.0. The number of aliphatic carboxylic acids is 1. The standard InChI is InChI=1S/C26H34FNO6/c1-4-32-24(25(29)30)17-20-7-11-23(12-8-20)33-16-15-28(14-13-19(2)3)26(31)34-18-21-5-9-22(27)10-6-21/h5-12,19,24H,4,13-18H2,1-3H3,(H,29,30). The molecule has 0 spiro atoms. The minimum Gasteiger partial charge on any atom is -0.492 e. The van der Waals surface area contributed by atoms with Crippen LogP contribution < -0.4 is 4.74 Å². The van der Waals surface area contributed by atoms with E-state index in [9.17, 15) is 19.1 Å².